The predicted octanol–water partition coefficient (Wildman–Crippen LogP) is 2.72. The van der Waals surface area contributed by atoms with E-state index in [1.165, 1.54) is 0 Å². The van der Waals surface area contributed by atoms with Gasteiger partial charge in [0.2, 0.25) is 0 Å². The molecule has 0 saturated carbocycles. The zero-order valence-electron chi connectivity index (χ0n) is 12.8. The lowest BCUT2D eigenvalue weighted by molar-refractivity contribution is 0.171. The van der Waals surface area contributed by atoms with Crippen LogP contribution in [0.5, 0.6) is 0 Å². The van der Waals surface area contributed by atoms with Crippen LogP contribution in [0.25, 0.3) is 0 Å². The number of aliphatic hydroxyl groups excluding tert-OH is 1. The Morgan fingerprint density at radius 1 is 1.41 bits per heavy atom. The van der Waals surface area contributed by atoms with Crippen LogP contribution in [0.4, 0.5) is 4.79 Å². The van der Waals surface area contributed by atoms with Gasteiger partial charge in [0.05, 0.1) is 23.4 Å². The molecule has 0 radical (unpaired) electrons. The number of rotatable bonds is 6. The summed E-state index contributed by atoms with van der Waals surface area (Å²) in [4.78, 5) is 18.4. The maximum Gasteiger partial charge on any atom is 0.318 e. The van der Waals surface area contributed by atoms with Crippen molar-refractivity contribution in [2.45, 2.75) is 26.4 Å². The molecule has 0 saturated heterocycles. The molecule has 22 heavy (non-hydrogen) atoms. The Bertz CT molecular complexity index is 600. The molecule has 0 aliphatic heterocycles. The highest BCUT2D eigenvalue weighted by molar-refractivity contribution is 7.09. The van der Waals surface area contributed by atoms with Gasteiger partial charge < -0.3 is 15.3 Å². The second kappa shape index (κ2) is 7.91. The number of hydrogen-bond donors (Lipinski definition) is 2. The third kappa shape index (κ3) is 4.54. The summed E-state index contributed by atoms with van der Waals surface area (Å²) in [5, 5.41) is 15.1. The van der Waals surface area contributed by atoms with E-state index >= 15 is 0 Å². The molecule has 1 atom stereocenters. The number of benzene rings is 1. The highest BCUT2D eigenvalue weighted by Gasteiger charge is 2.17. The van der Waals surface area contributed by atoms with E-state index in [0.29, 0.717) is 13.1 Å². The SMILES string of the molecule is Cc1nc([C@@H](C)NC(=O)N(CCO)Cc2ccccc2)cs1. The molecule has 1 aromatic heterocycles. The van der Waals surface area contributed by atoms with Gasteiger partial charge in [0.1, 0.15) is 0 Å². The van der Waals surface area contributed by atoms with Gasteiger partial charge in [0, 0.05) is 18.5 Å². The third-order valence-electron chi connectivity index (χ3n) is 3.29. The van der Waals surface area contributed by atoms with Crippen LogP contribution in [0, 0.1) is 6.92 Å². The van der Waals surface area contributed by atoms with Crippen LogP contribution in [-0.4, -0.2) is 34.2 Å². The Morgan fingerprint density at radius 2 is 2.14 bits per heavy atom. The summed E-state index contributed by atoms with van der Waals surface area (Å²) in [5.41, 5.74) is 1.89. The summed E-state index contributed by atoms with van der Waals surface area (Å²) in [7, 11) is 0. The number of urea groups is 1. The van der Waals surface area contributed by atoms with Crippen molar-refractivity contribution in [3.8, 4) is 0 Å². The highest BCUT2D eigenvalue weighted by atomic mass is 32.1. The van der Waals surface area contributed by atoms with Crippen LogP contribution >= 0.6 is 11.3 Å². The molecule has 0 aliphatic carbocycles. The lowest BCUT2D eigenvalue weighted by atomic mass is 10.2. The van der Waals surface area contributed by atoms with Crippen molar-refractivity contribution in [1.82, 2.24) is 15.2 Å². The zero-order chi connectivity index (χ0) is 15.9. The highest BCUT2D eigenvalue weighted by Crippen LogP contribution is 2.16. The average molecular weight is 319 g/mol. The quantitative estimate of drug-likeness (QED) is 0.860. The van der Waals surface area contributed by atoms with Crippen molar-refractivity contribution in [3.05, 3.63) is 52.0 Å². The smallest absolute Gasteiger partial charge is 0.318 e. The summed E-state index contributed by atoms with van der Waals surface area (Å²) in [6.07, 6.45) is 0. The first kappa shape index (κ1) is 16.5. The fraction of sp³-hybridized carbons (Fsp3) is 0.375. The Morgan fingerprint density at radius 3 is 2.73 bits per heavy atom. The van der Waals surface area contributed by atoms with E-state index in [1.807, 2.05) is 49.6 Å². The molecule has 5 nitrogen and oxygen atoms in total. The first-order valence-corrected chi connectivity index (χ1v) is 8.10. The van der Waals surface area contributed by atoms with E-state index in [-0.39, 0.29) is 18.7 Å². The number of aryl methyl sites for hydroxylation is 1. The van der Waals surface area contributed by atoms with E-state index in [4.69, 9.17) is 0 Å². The summed E-state index contributed by atoms with van der Waals surface area (Å²) in [6.45, 7) is 4.55. The maximum absolute atomic E-state index is 12.4. The van der Waals surface area contributed by atoms with Crippen molar-refractivity contribution in [2.75, 3.05) is 13.2 Å². The summed E-state index contributed by atoms with van der Waals surface area (Å²) >= 11 is 1.57. The predicted molar refractivity (Wildman–Crippen MR) is 87.7 cm³/mol. The minimum Gasteiger partial charge on any atom is -0.395 e. The fourth-order valence-corrected chi connectivity index (χ4v) is 2.81. The van der Waals surface area contributed by atoms with Gasteiger partial charge >= 0.3 is 6.03 Å². The van der Waals surface area contributed by atoms with Crippen LogP contribution in [0.15, 0.2) is 35.7 Å². The summed E-state index contributed by atoms with van der Waals surface area (Å²) in [5.74, 6) is 0. The molecule has 2 rings (SSSR count). The molecule has 2 N–H and O–H groups in total. The van der Waals surface area contributed by atoms with Gasteiger partial charge in [0.25, 0.3) is 0 Å². The van der Waals surface area contributed by atoms with Gasteiger partial charge in [-0.2, -0.15) is 0 Å². The van der Waals surface area contributed by atoms with E-state index in [0.717, 1.165) is 16.3 Å². The van der Waals surface area contributed by atoms with E-state index < -0.39 is 0 Å². The number of aliphatic hydroxyl groups is 1. The molecule has 6 heteroatoms. The van der Waals surface area contributed by atoms with Crippen LogP contribution < -0.4 is 5.32 Å². The van der Waals surface area contributed by atoms with Crippen molar-refractivity contribution in [2.24, 2.45) is 0 Å². The van der Waals surface area contributed by atoms with Crippen molar-refractivity contribution in [1.29, 1.82) is 0 Å². The molecule has 1 aromatic carbocycles. The van der Waals surface area contributed by atoms with Crippen molar-refractivity contribution in [3.63, 3.8) is 0 Å². The number of hydrogen-bond acceptors (Lipinski definition) is 4. The standard InChI is InChI=1S/C16H21N3O2S/c1-12(15-11-22-13(2)18-15)17-16(21)19(8-9-20)10-14-6-4-3-5-7-14/h3-7,11-12,20H,8-10H2,1-2H3,(H,17,21)/t12-/m1/s1. The van der Waals surface area contributed by atoms with Gasteiger partial charge in [-0.3, -0.25) is 0 Å². The molecular formula is C16H21N3O2S. The molecule has 1 heterocycles. The third-order valence-corrected chi connectivity index (χ3v) is 4.09. The fourth-order valence-electron chi connectivity index (χ4n) is 2.11. The van der Waals surface area contributed by atoms with Crippen LogP contribution in [-0.2, 0) is 6.54 Å². The van der Waals surface area contributed by atoms with Crippen LogP contribution in [0.3, 0.4) is 0 Å². The number of nitrogens with zero attached hydrogens (tertiary/aromatic N) is 2. The van der Waals surface area contributed by atoms with Gasteiger partial charge in [0.15, 0.2) is 0 Å². The zero-order valence-corrected chi connectivity index (χ0v) is 13.6. The molecule has 0 bridgehead atoms. The number of amides is 2. The Labute approximate surface area is 134 Å². The van der Waals surface area contributed by atoms with E-state index in [1.54, 1.807) is 16.2 Å². The molecule has 118 valence electrons. The minimum atomic E-state index is -0.198. The minimum absolute atomic E-state index is 0.0650. The Balaban J connectivity index is 2.00. The Kier molecular flexibility index (Phi) is 5.91. The molecule has 0 spiro atoms. The number of aromatic nitrogens is 1. The molecular weight excluding hydrogens is 298 g/mol. The Hall–Kier alpha value is -1.92. The van der Waals surface area contributed by atoms with E-state index in [2.05, 4.69) is 10.3 Å². The number of carbonyl (C=O) groups is 1. The van der Waals surface area contributed by atoms with Gasteiger partial charge in [-0.05, 0) is 19.4 Å². The molecule has 2 amide bonds. The molecule has 2 aromatic rings. The summed E-state index contributed by atoms with van der Waals surface area (Å²) in [6, 6.07) is 9.38. The number of thiazole rings is 1. The second-order valence-corrected chi connectivity index (χ2v) is 6.16. The second-order valence-electron chi connectivity index (χ2n) is 5.09. The van der Waals surface area contributed by atoms with E-state index in [9.17, 15) is 9.90 Å². The molecule has 0 aliphatic rings. The first-order valence-electron chi connectivity index (χ1n) is 7.22. The van der Waals surface area contributed by atoms with Crippen LogP contribution in [0.1, 0.15) is 29.2 Å². The lowest BCUT2D eigenvalue weighted by Crippen LogP contribution is -2.42. The van der Waals surface area contributed by atoms with Gasteiger partial charge in [-0.25, -0.2) is 9.78 Å². The number of nitrogens with one attached hydrogen (secondary N) is 1. The van der Waals surface area contributed by atoms with Crippen LogP contribution in [0.2, 0.25) is 0 Å². The largest absolute Gasteiger partial charge is 0.395 e. The topological polar surface area (TPSA) is 65.5 Å². The number of carbonyl (C=O) groups excluding carboxylic acids is 1. The average Bonchev–Trinajstić information content (AvgIpc) is 2.94. The van der Waals surface area contributed by atoms with Gasteiger partial charge in [-0.1, -0.05) is 30.3 Å². The normalized spacial score (nSPS) is 12.0. The maximum atomic E-state index is 12.4. The van der Waals surface area contributed by atoms with Gasteiger partial charge in [-0.15, -0.1) is 11.3 Å². The lowest BCUT2D eigenvalue weighted by Gasteiger charge is -2.24. The molecule has 0 unspecified atom stereocenters. The van der Waals surface area contributed by atoms with Crippen molar-refractivity contribution >= 4 is 17.4 Å². The molecule has 0 fully saturated rings. The summed E-state index contributed by atoms with van der Waals surface area (Å²) < 4.78 is 0. The monoisotopic (exact) mass is 319 g/mol. The van der Waals surface area contributed by atoms with Crippen molar-refractivity contribution < 1.29 is 9.90 Å². The first-order chi connectivity index (χ1) is 10.6.